The van der Waals surface area contributed by atoms with Gasteiger partial charge in [-0.15, -0.1) is 21.5 Å². The second kappa shape index (κ2) is 9.25. The number of fused-ring (bicyclic) bond motifs is 3. The molecule has 1 aliphatic carbocycles. The Morgan fingerprint density at radius 1 is 1.17 bits per heavy atom. The lowest BCUT2D eigenvalue weighted by Gasteiger charge is -2.17. The maximum absolute atomic E-state index is 14.8. The van der Waals surface area contributed by atoms with Crippen molar-refractivity contribution in [1.82, 2.24) is 24.7 Å². The Bertz CT molecular complexity index is 1640. The number of aromatic nitrogens is 5. The van der Waals surface area contributed by atoms with Crippen molar-refractivity contribution >= 4 is 33.3 Å². The van der Waals surface area contributed by atoms with Crippen molar-refractivity contribution in [1.29, 1.82) is 0 Å². The molecule has 0 aliphatic heterocycles. The lowest BCUT2D eigenvalue weighted by molar-refractivity contribution is 0.509. The van der Waals surface area contributed by atoms with Gasteiger partial charge >= 0.3 is 0 Å². The maximum atomic E-state index is 14.8. The molecule has 2 aromatic carbocycles. The predicted molar refractivity (Wildman–Crippen MR) is 138 cm³/mol. The van der Waals surface area contributed by atoms with Crippen molar-refractivity contribution in [2.75, 3.05) is 0 Å². The van der Waals surface area contributed by atoms with Crippen LogP contribution in [0.5, 0.6) is 0 Å². The third-order valence-electron chi connectivity index (χ3n) is 6.37. The number of aromatic amines is 1. The average Bonchev–Trinajstić information content (AvgIpc) is 3.44. The summed E-state index contributed by atoms with van der Waals surface area (Å²) in [6.45, 7) is 2.23. The summed E-state index contributed by atoms with van der Waals surface area (Å²) in [6, 6.07) is 12.7. The van der Waals surface area contributed by atoms with Gasteiger partial charge in [0.1, 0.15) is 22.3 Å². The molecule has 0 saturated heterocycles. The molecule has 36 heavy (non-hydrogen) atoms. The Kier molecular flexibility index (Phi) is 5.93. The zero-order valence-electron chi connectivity index (χ0n) is 19.3. The summed E-state index contributed by atoms with van der Waals surface area (Å²) in [6.07, 6.45) is 2.97. The van der Waals surface area contributed by atoms with Gasteiger partial charge in [0.15, 0.2) is 11.0 Å². The third-order valence-corrected chi connectivity index (χ3v) is 8.46. The molecule has 1 N–H and O–H groups in total. The van der Waals surface area contributed by atoms with E-state index in [1.54, 1.807) is 15.9 Å². The largest absolute Gasteiger partial charge is 0.309 e. The Labute approximate surface area is 213 Å². The van der Waals surface area contributed by atoms with E-state index in [2.05, 4.69) is 22.1 Å². The average molecular weight is 522 g/mol. The Balaban J connectivity index is 1.37. The highest BCUT2D eigenvalue weighted by molar-refractivity contribution is 7.98. The molecule has 10 heteroatoms. The van der Waals surface area contributed by atoms with Gasteiger partial charge in [-0.25, -0.2) is 13.8 Å². The van der Waals surface area contributed by atoms with E-state index in [-0.39, 0.29) is 11.2 Å². The highest BCUT2D eigenvalue weighted by Crippen LogP contribution is 2.36. The van der Waals surface area contributed by atoms with Crippen LogP contribution in [-0.2, 0) is 18.6 Å². The summed E-state index contributed by atoms with van der Waals surface area (Å²) in [7, 11) is 0. The number of thioether (sulfide) groups is 1. The molecule has 3 aromatic heterocycles. The van der Waals surface area contributed by atoms with Gasteiger partial charge in [0, 0.05) is 16.5 Å². The van der Waals surface area contributed by atoms with Crippen molar-refractivity contribution in [3.63, 3.8) is 0 Å². The summed E-state index contributed by atoms with van der Waals surface area (Å²) in [5, 5.41) is 9.70. The Hall–Kier alpha value is -3.37. The van der Waals surface area contributed by atoms with Crippen LogP contribution in [-0.4, -0.2) is 24.7 Å². The van der Waals surface area contributed by atoms with Crippen LogP contribution in [0.4, 0.5) is 8.78 Å². The zero-order valence-corrected chi connectivity index (χ0v) is 20.9. The van der Waals surface area contributed by atoms with E-state index >= 15 is 0 Å². The number of aryl methyl sites for hydroxylation is 1. The van der Waals surface area contributed by atoms with Crippen molar-refractivity contribution in [2.45, 2.75) is 37.1 Å². The zero-order chi connectivity index (χ0) is 24.8. The molecule has 0 fully saturated rings. The first-order valence-electron chi connectivity index (χ1n) is 11.6. The van der Waals surface area contributed by atoms with E-state index in [9.17, 15) is 13.6 Å². The quantitative estimate of drug-likeness (QED) is 0.290. The molecule has 0 spiro atoms. The van der Waals surface area contributed by atoms with Gasteiger partial charge < -0.3 is 4.98 Å². The molecule has 3 heterocycles. The lowest BCUT2D eigenvalue weighted by Crippen LogP contribution is -2.14. The minimum absolute atomic E-state index is 0.126. The fraction of sp³-hybridized carbons (Fsp3) is 0.231. The number of rotatable bonds is 5. The molecule has 6 nitrogen and oxygen atoms in total. The van der Waals surface area contributed by atoms with Crippen LogP contribution in [0.25, 0.3) is 27.3 Å². The van der Waals surface area contributed by atoms with Crippen LogP contribution in [0, 0.1) is 17.6 Å². The number of thiophene rings is 1. The summed E-state index contributed by atoms with van der Waals surface area (Å²) in [5.74, 6) is 0.472. The number of benzene rings is 2. The van der Waals surface area contributed by atoms with E-state index < -0.39 is 11.6 Å². The van der Waals surface area contributed by atoms with Crippen molar-refractivity contribution in [3.8, 4) is 17.1 Å². The summed E-state index contributed by atoms with van der Waals surface area (Å²) < 4.78 is 30.0. The van der Waals surface area contributed by atoms with E-state index in [1.807, 2.05) is 30.3 Å². The van der Waals surface area contributed by atoms with Crippen LogP contribution in [0.15, 0.2) is 58.5 Å². The molecule has 5 aromatic rings. The number of nitrogens with zero attached hydrogens (tertiary/aromatic N) is 4. The summed E-state index contributed by atoms with van der Waals surface area (Å²) in [5.41, 5.74) is 1.89. The lowest BCUT2D eigenvalue weighted by atomic mass is 9.89. The van der Waals surface area contributed by atoms with Crippen molar-refractivity contribution < 1.29 is 8.78 Å². The van der Waals surface area contributed by atoms with Gasteiger partial charge in [0.05, 0.1) is 16.8 Å². The second-order valence-corrected chi connectivity index (χ2v) is 11.0. The molecule has 6 rings (SSSR count). The van der Waals surface area contributed by atoms with E-state index in [1.165, 1.54) is 28.8 Å². The molecule has 1 atom stereocenters. The molecular formula is C26H21F2N5OS2. The molecule has 1 aliphatic rings. The normalized spacial score (nSPS) is 15.4. The first kappa shape index (κ1) is 23.1. The van der Waals surface area contributed by atoms with Gasteiger partial charge in [-0.1, -0.05) is 49.0 Å². The van der Waals surface area contributed by atoms with Crippen LogP contribution < -0.4 is 5.56 Å². The van der Waals surface area contributed by atoms with Gasteiger partial charge in [-0.05, 0) is 42.9 Å². The molecular weight excluding hydrogens is 500 g/mol. The smallest absolute Gasteiger partial charge is 0.259 e. The Morgan fingerprint density at radius 2 is 2.00 bits per heavy atom. The minimum Gasteiger partial charge on any atom is -0.309 e. The number of halogens is 2. The van der Waals surface area contributed by atoms with E-state index in [0.717, 1.165) is 41.3 Å². The highest BCUT2D eigenvalue weighted by atomic mass is 32.2. The van der Waals surface area contributed by atoms with Crippen molar-refractivity contribution in [3.05, 3.63) is 86.8 Å². The number of hydrogen-bond acceptors (Lipinski definition) is 6. The second-order valence-electron chi connectivity index (χ2n) is 8.94. The number of hydrogen-bond donors (Lipinski definition) is 1. The fourth-order valence-electron chi connectivity index (χ4n) is 4.61. The third kappa shape index (κ3) is 4.14. The van der Waals surface area contributed by atoms with Gasteiger partial charge in [-0.3, -0.25) is 9.36 Å². The summed E-state index contributed by atoms with van der Waals surface area (Å²) in [4.78, 5) is 22.6. The molecule has 0 unspecified atom stereocenters. The minimum atomic E-state index is -0.722. The first-order chi connectivity index (χ1) is 17.5. The standard InChI is InChI=1S/C26H21F2N5OS2/c1-14-7-9-17-20(11-14)36-25-22(17)24(34)29-21(30-25)13-35-26-32-31-23(15-5-3-2-4-6-15)33(26)19-10-8-16(27)12-18(19)28/h2-6,8,10,12,14H,7,9,11,13H2,1H3,(H,29,30,34)/t14-/m1/s1. The van der Waals surface area contributed by atoms with E-state index in [4.69, 9.17) is 4.98 Å². The van der Waals surface area contributed by atoms with Gasteiger partial charge in [-0.2, -0.15) is 0 Å². The first-order valence-corrected chi connectivity index (χ1v) is 13.4. The predicted octanol–water partition coefficient (Wildman–Crippen LogP) is 5.93. The maximum Gasteiger partial charge on any atom is 0.259 e. The molecule has 0 saturated carbocycles. The van der Waals surface area contributed by atoms with Crippen LogP contribution in [0.2, 0.25) is 0 Å². The van der Waals surface area contributed by atoms with Crippen LogP contribution in [0.3, 0.4) is 0 Å². The number of nitrogens with one attached hydrogen (secondary N) is 1. The van der Waals surface area contributed by atoms with Crippen LogP contribution >= 0.6 is 23.1 Å². The van der Waals surface area contributed by atoms with Gasteiger partial charge in [0.25, 0.3) is 5.56 Å². The fourth-order valence-corrected chi connectivity index (χ4v) is 6.83. The van der Waals surface area contributed by atoms with Crippen molar-refractivity contribution in [2.24, 2.45) is 5.92 Å². The topological polar surface area (TPSA) is 76.5 Å². The molecule has 0 radical (unpaired) electrons. The summed E-state index contributed by atoms with van der Waals surface area (Å²) >= 11 is 2.88. The molecule has 0 bridgehead atoms. The number of H-pyrrole nitrogens is 1. The molecule has 0 amide bonds. The van der Waals surface area contributed by atoms with Crippen LogP contribution in [0.1, 0.15) is 29.6 Å². The highest BCUT2D eigenvalue weighted by Gasteiger charge is 2.24. The SMILES string of the molecule is C[C@@H]1CCc2c(sc3nc(CSc4nnc(-c5ccccc5)n4-c4ccc(F)cc4F)[nH]c(=O)c23)C1. The Morgan fingerprint density at radius 3 is 2.81 bits per heavy atom. The van der Waals surface area contributed by atoms with E-state index in [0.29, 0.717) is 33.9 Å². The van der Waals surface area contributed by atoms with Gasteiger partial charge in [0.2, 0.25) is 0 Å². The molecule has 182 valence electrons. The monoisotopic (exact) mass is 521 g/mol.